The number of nitrogens with two attached hydrogens (primary N) is 1. The first-order valence-corrected chi connectivity index (χ1v) is 8.02. The van der Waals surface area contributed by atoms with Crippen LogP contribution in [0.1, 0.15) is 48.6 Å². The van der Waals surface area contributed by atoms with Gasteiger partial charge in [-0.25, -0.2) is 4.98 Å². The number of thiazole rings is 1. The van der Waals surface area contributed by atoms with E-state index < -0.39 is 0 Å². The molecule has 4 nitrogen and oxygen atoms in total. The number of hydrogen-bond donors (Lipinski definition) is 2. The lowest BCUT2D eigenvalue weighted by Gasteiger charge is -2.15. The molecule has 7 heteroatoms. The largest absolute Gasteiger partial charge is 0.348 e. The molecule has 0 aliphatic carbocycles. The molecule has 2 unspecified atom stereocenters. The predicted octanol–water partition coefficient (Wildman–Crippen LogP) is 3.82. The van der Waals surface area contributed by atoms with Crippen LogP contribution in [0, 0.1) is 0 Å². The minimum absolute atomic E-state index is 0. The molecule has 0 fully saturated rings. The molecule has 2 aromatic rings. The van der Waals surface area contributed by atoms with E-state index >= 15 is 0 Å². The van der Waals surface area contributed by atoms with Crippen molar-refractivity contribution in [2.24, 2.45) is 5.73 Å². The van der Waals surface area contributed by atoms with E-state index in [0.29, 0.717) is 0 Å². The Morgan fingerprint density at radius 3 is 2.52 bits per heavy atom. The van der Waals surface area contributed by atoms with Gasteiger partial charge < -0.3 is 11.1 Å². The van der Waals surface area contributed by atoms with Crippen LogP contribution >= 0.6 is 36.2 Å². The number of nitrogens with one attached hydrogen (secondary N) is 1. The number of rotatable bonds is 6. The summed E-state index contributed by atoms with van der Waals surface area (Å²) in [6.07, 6.45) is 1.20. The first-order chi connectivity index (χ1) is 10.1. The minimum Gasteiger partial charge on any atom is -0.348 e. The third kappa shape index (κ3) is 6.47. The van der Waals surface area contributed by atoms with E-state index in [1.807, 2.05) is 42.6 Å². The summed E-state index contributed by atoms with van der Waals surface area (Å²) in [5.74, 6) is -0.0510. The monoisotopic (exact) mass is 375 g/mol. The van der Waals surface area contributed by atoms with Gasteiger partial charge >= 0.3 is 0 Å². The van der Waals surface area contributed by atoms with Gasteiger partial charge in [-0.1, -0.05) is 37.3 Å². The smallest absolute Gasteiger partial charge is 0.222 e. The summed E-state index contributed by atoms with van der Waals surface area (Å²) >= 11 is 1.63. The standard InChI is InChI=1S/C16H21N3OS.2ClH/c1-3-16-19-14(10-21-16)11(2)18-15(20)9-13(17)12-7-5-4-6-8-12;;/h4-8,10-11,13H,3,9,17H2,1-2H3,(H,18,20);2*1H. The van der Waals surface area contributed by atoms with Gasteiger partial charge in [0, 0.05) is 17.8 Å². The first-order valence-electron chi connectivity index (χ1n) is 7.14. The van der Waals surface area contributed by atoms with Crippen molar-refractivity contribution in [1.82, 2.24) is 10.3 Å². The van der Waals surface area contributed by atoms with Crippen LogP contribution in [0.2, 0.25) is 0 Å². The SMILES string of the molecule is CCc1nc(C(C)NC(=O)CC(N)c2ccccc2)cs1.Cl.Cl. The highest BCUT2D eigenvalue weighted by Gasteiger charge is 2.16. The predicted molar refractivity (Wildman–Crippen MR) is 101 cm³/mol. The quantitative estimate of drug-likeness (QED) is 0.806. The summed E-state index contributed by atoms with van der Waals surface area (Å²) in [7, 11) is 0. The summed E-state index contributed by atoms with van der Waals surface area (Å²) in [6, 6.07) is 9.31. The molecule has 1 aromatic heterocycles. The fourth-order valence-electron chi connectivity index (χ4n) is 2.08. The Hall–Kier alpha value is -1.14. The Kier molecular flexibility index (Phi) is 10.1. The first kappa shape index (κ1) is 21.9. The van der Waals surface area contributed by atoms with Crippen LogP contribution in [0.4, 0.5) is 0 Å². The number of amides is 1. The van der Waals surface area contributed by atoms with Crippen molar-refractivity contribution in [1.29, 1.82) is 0 Å². The Morgan fingerprint density at radius 2 is 1.96 bits per heavy atom. The van der Waals surface area contributed by atoms with Gasteiger partial charge in [0.15, 0.2) is 0 Å². The van der Waals surface area contributed by atoms with E-state index in [1.165, 1.54) is 0 Å². The Morgan fingerprint density at radius 1 is 1.30 bits per heavy atom. The second-order valence-corrected chi connectivity index (χ2v) is 5.97. The second-order valence-electron chi connectivity index (χ2n) is 5.03. The van der Waals surface area contributed by atoms with E-state index in [-0.39, 0.29) is 49.2 Å². The minimum atomic E-state index is -0.278. The van der Waals surface area contributed by atoms with Gasteiger partial charge in [0.05, 0.1) is 16.7 Å². The van der Waals surface area contributed by atoms with Gasteiger partial charge in [-0.3, -0.25) is 4.79 Å². The van der Waals surface area contributed by atoms with E-state index in [1.54, 1.807) is 11.3 Å². The highest BCUT2D eigenvalue weighted by molar-refractivity contribution is 7.09. The van der Waals surface area contributed by atoms with Gasteiger partial charge in [0.1, 0.15) is 0 Å². The van der Waals surface area contributed by atoms with Crippen molar-refractivity contribution in [2.45, 2.75) is 38.8 Å². The molecule has 3 N–H and O–H groups in total. The van der Waals surface area contributed by atoms with Gasteiger partial charge in [0.25, 0.3) is 0 Å². The maximum absolute atomic E-state index is 12.1. The molecule has 1 heterocycles. The number of halogens is 2. The fourth-order valence-corrected chi connectivity index (χ4v) is 2.92. The summed E-state index contributed by atoms with van der Waals surface area (Å²) < 4.78 is 0. The Balaban J connectivity index is 0.00000242. The highest BCUT2D eigenvalue weighted by atomic mass is 35.5. The lowest BCUT2D eigenvalue weighted by atomic mass is 10.0. The van der Waals surface area contributed by atoms with Crippen LogP contribution in [0.15, 0.2) is 35.7 Å². The number of aryl methyl sites for hydroxylation is 1. The molecule has 23 heavy (non-hydrogen) atoms. The van der Waals surface area contributed by atoms with Gasteiger partial charge in [-0.2, -0.15) is 0 Å². The number of carbonyl (C=O) groups excluding carboxylic acids is 1. The van der Waals surface area contributed by atoms with Crippen LogP contribution < -0.4 is 11.1 Å². The van der Waals surface area contributed by atoms with Crippen LogP contribution in [-0.2, 0) is 11.2 Å². The van der Waals surface area contributed by atoms with Crippen molar-refractivity contribution in [3.63, 3.8) is 0 Å². The average Bonchev–Trinajstić information content (AvgIpc) is 2.97. The maximum Gasteiger partial charge on any atom is 0.222 e. The topological polar surface area (TPSA) is 68.0 Å². The van der Waals surface area contributed by atoms with Crippen molar-refractivity contribution in [2.75, 3.05) is 0 Å². The number of benzene rings is 1. The Labute approximate surface area is 153 Å². The Bertz CT molecular complexity index is 592. The zero-order valence-electron chi connectivity index (χ0n) is 13.2. The van der Waals surface area contributed by atoms with Crippen LogP contribution in [0.3, 0.4) is 0 Å². The molecule has 1 amide bonds. The van der Waals surface area contributed by atoms with E-state index in [4.69, 9.17) is 5.73 Å². The van der Waals surface area contributed by atoms with Crippen LogP contribution in [0.25, 0.3) is 0 Å². The van der Waals surface area contributed by atoms with Crippen molar-refractivity contribution in [3.05, 3.63) is 52.0 Å². The molecule has 0 saturated heterocycles. The zero-order valence-corrected chi connectivity index (χ0v) is 15.6. The molecule has 0 radical (unpaired) electrons. The summed E-state index contributed by atoms with van der Waals surface area (Å²) in [4.78, 5) is 16.6. The maximum atomic E-state index is 12.1. The third-order valence-electron chi connectivity index (χ3n) is 3.33. The molecular weight excluding hydrogens is 353 g/mol. The molecular formula is C16H23Cl2N3OS. The lowest BCUT2D eigenvalue weighted by molar-refractivity contribution is -0.122. The average molecular weight is 376 g/mol. The molecule has 1 aromatic carbocycles. The molecule has 0 spiro atoms. The molecule has 0 saturated carbocycles. The van der Waals surface area contributed by atoms with Crippen molar-refractivity contribution in [3.8, 4) is 0 Å². The van der Waals surface area contributed by atoms with Gasteiger partial charge in [-0.05, 0) is 18.9 Å². The zero-order chi connectivity index (χ0) is 15.2. The van der Waals surface area contributed by atoms with E-state index in [9.17, 15) is 4.79 Å². The van der Waals surface area contributed by atoms with Gasteiger partial charge in [-0.15, -0.1) is 36.2 Å². The molecule has 2 rings (SSSR count). The summed E-state index contributed by atoms with van der Waals surface area (Å²) in [5.41, 5.74) is 7.95. The van der Waals surface area contributed by atoms with Gasteiger partial charge in [0.2, 0.25) is 5.91 Å². The molecule has 0 bridgehead atoms. The van der Waals surface area contributed by atoms with Crippen molar-refractivity contribution < 1.29 is 4.79 Å². The number of nitrogens with zero attached hydrogens (tertiary/aromatic N) is 1. The number of aromatic nitrogens is 1. The number of carbonyl (C=O) groups is 1. The normalized spacial score (nSPS) is 12.5. The molecule has 0 aliphatic rings. The third-order valence-corrected chi connectivity index (χ3v) is 4.34. The highest BCUT2D eigenvalue weighted by Crippen LogP contribution is 2.18. The summed E-state index contributed by atoms with van der Waals surface area (Å²) in [5, 5.41) is 6.05. The molecule has 0 aliphatic heterocycles. The molecule has 2 atom stereocenters. The van der Waals surface area contributed by atoms with E-state index in [2.05, 4.69) is 17.2 Å². The summed E-state index contributed by atoms with van der Waals surface area (Å²) in [6.45, 7) is 4.02. The van der Waals surface area contributed by atoms with Crippen LogP contribution in [-0.4, -0.2) is 10.9 Å². The van der Waals surface area contributed by atoms with E-state index in [0.717, 1.165) is 22.7 Å². The van der Waals surface area contributed by atoms with Crippen molar-refractivity contribution >= 4 is 42.1 Å². The van der Waals surface area contributed by atoms with Crippen LogP contribution in [0.5, 0.6) is 0 Å². The second kappa shape index (κ2) is 10.6. The number of hydrogen-bond acceptors (Lipinski definition) is 4. The fraction of sp³-hybridized carbons (Fsp3) is 0.375. The molecule has 128 valence electrons. The lowest BCUT2D eigenvalue weighted by Crippen LogP contribution is -2.30.